The molecule has 3 N–H and O–H groups in total. The number of phosphoric ester groups is 1. The molecule has 6 unspecified atom stereocenters. The Morgan fingerprint density at radius 3 is 2.62 bits per heavy atom. The molecule has 6 atom stereocenters. The lowest BCUT2D eigenvalue weighted by Crippen LogP contribution is -2.42. The van der Waals surface area contributed by atoms with Gasteiger partial charge in [-0.3, -0.25) is 23.2 Å². The van der Waals surface area contributed by atoms with Crippen molar-refractivity contribution in [1.82, 2.24) is 18.9 Å². The van der Waals surface area contributed by atoms with Gasteiger partial charge in [-0.25, -0.2) is 13.7 Å². The van der Waals surface area contributed by atoms with Crippen LogP contribution in [-0.4, -0.2) is 41.4 Å². The lowest BCUT2D eigenvalue weighted by Gasteiger charge is -2.20. The van der Waals surface area contributed by atoms with E-state index in [-0.39, 0.29) is 24.0 Å². The summed E-state index contributed by atoms with van der Waals surface area (Å²) in [6.45, 7) is 3.49. The Balaban J connectivity index is 1.49. The number of hydrogen-bond donors (Lipinski definition) is 3. The van der Waals surface area contributed by atoms with Gasteiger partial charge in [0, 0.05) is 18.3 Å². The number of aryl methyl sites for hydroxylation is 1. The fourth-order valence-corrected chi connectivity index (χ4v) is 6.20. The standard InChI is InChI=1S/C17H23N5O8P2/c1-11-12(2)17(22-10-20(3)14-15(22)18-9-19-16(14)23)29-13(11)8-28-32(26,27)30-31(24,25)21-6-4-5-7-21/h4-7,9-13,17H,8H2,1-3H3,(H2-,18,19,23,24,25,26,27)/p+1. The van der Waals surface area contributed by atoms with E-state index < -0.39 is 27.9 Å². The van der Waals surface area contributed by atoms with E-state index in [1.165, 1.54) is 30.9 Å². The van der Waals surface area contributed by atoms with Gasteiger partial charge in [-0.2, -0.15) is 4.31 Å². The second kappa shape index (κ2) is 8.35. The molecular weight excluding hydrogens is 464 g/mol. The predicted octanol–water partition coefficient (Wildman–Crippen LogP) is 1.30. The van der Waals surface area contributed by atoms with Crippen LogP contribution in [0.3, 0.4) is 0 Å². The van der Waals surface area contributed by atoms with Gasteiger partial charge >= 0.3 is 21.2 Å². The summed E-state index contributed by atoms with van der Waals surface area (Å²) < 4.78 is 44.3. The minimum Gasteiger partial charge on any atom is -0.339 e. The first kappa shape index (κ1) is 23.1. The van der Waals surface area contributed by atoms with E-state index in [0.717, 1.165) is 4.34 Å². The molecule has 0 saturated carbocycles. The third-order valence-corrected chi connectivity index (χ3v) is 8.65. The summed E-state index contributed by atoms with van der Waals surface area (Å²) in [6, 6.07) is 2.94. The molecule has 13 nitrogen and oxygen atoms in total. The Labute approximate surface area is 182 Å². The first-order chi connectivity index (χ1) is 15.0. The molecular formula is C17H24N5O8P2+. The molecule has 4 rings (SSSR count). The second-order valence-electron chi connectivity index (χ2n) is 7.72. The fraction of sp³-hybridized carbons (Fsp3) is 0.471. The van der Waals surface area contributed by atoms with Crippen LogP contribution in [0.5, 0.6) is 0 Å². The number of aromatic amines is 1. The maximum Gasteiger partial charge on any atom is 0.480 e. The van der Waals surface area contributed by atoms with Crippen LogP contribution in [0.4, 0.5) is 0 Å². The highest BCUT2D eigenvalue weighted by Crippen LogP contribution is 2.60. The first-order valence-electron chi connectivity index (χ1n) is 9.75. The van der Waals surface area contributed by atoms with Gasteiger partial charge in [0.05, 0.1) is 19.8 Å². The van der Waals surface area contributed by atoms with Crippen molar-refractivity contribution < 1.29 is 37.1 Å². The van der Waals surface area contributed by atoms with Gasteiger partial charge < -0.3 is 14.5 Å². The monoisotopic (exact) mass is 488 g/mol. The van der Waals surface area contributed by atoms with Gasteiger partial charge in [0.1, 0.15) is 0 Å². The van der Waals surface area contributed by atoms with Gasteiger partial charge in [-0.15, -0.1) is 0 Å². The van der Waals surface area contributed by atoms with E-state index in [1.807, 2.05) is 13.8 Å². The number of ether oxygens (including phenoxy) is 1. The molecule has 0 amide bonds. The average Bonchev–Trinajstić information content (AvgIpc) is 3.41. The van der Waals surface area contributed by atoms with Crippen LogP contribution in [0.15, 0.2) is 42.0 Å². The van der Waals surface area contributed by atoms with Crippen molar-refractivity contribution in [2.75, 3.05) is 6.61 Å². The van der Waals surface area contributed by atoms with Crippen molar-refractivity contribution in [3.05, 3.63) is 47.5 Å². The van der Waals surface area contributed by atoms with Crippen molar-refractivity contribution in [2.24, 2.45) is 18.9 Å². The number of fused-ring (bicyclic) bond motifs is 1. The van der Waals surface area contributed by atoms with E-state index in [9.17, 15) is 23.7 Å². The Kier molecular flexibility index (Phi) is 6.01. The van der Waals surface area contributed by atoms with Gasteiger partial charge in [-0.05, 0) is 18.1 Å². The van der Waals surface area contributed by atoms with Crippen molar-refractivity contribution >= 4 is 26.7 Å². The number of rotatable bonds is 7. The van der Waals surface area contributed by atoms with Crippen molar-refractivity contribution in [1.29, 1.82) is 0 Å². The lowest BCUT2D eigenvalue weighted by molar-refractivity contribution is -0.745. The van der Waals surface area contributed by atoms with Crippen LogP contribution in [-0.2, 0) is 29.7 Å². The summed E-state index contributed by atoms with van der Waals surface area (Å²) in [7, 11) is -7.76. The van der Waals surface area contributed by atoms with Crippen molar-refractivity contribution in [3.63, 3.8) is 0 Å². The minimum atomic E-state index is -4.87. The van der Waals surface area contributed by atoms with Gasteiger partial charge in [0.15, 0.2) is 18.9 Å². The summed E-state index contributed by atoms with van der Waals surface area (Å²) in [5.41, 5.74) is 0.530. The topological polar surface area (TPSA) is 162 Å². The Bertz CT molecular complexity index is 1270. The number of imidazole rings is 1. The molecule has 15 heteroatoms. The van der Waals surface area contributed by atoms with Crippen molar-refractivity contribution in [2.45, 2.75) is 26.2 Å². The number of aromatic nitrogens is 5. The highest BCUT2D eigenvalue weighted by molar-refractivity contribution is 7.63. The van der Waals surface area contributed by atoms with Crippen molar-refractivity contribution in [3.8, 4) is 0 Å². The molecule has 1 saturated heterocycles. The van der Waals surface area contributed by atoms with E-state index in [2.05, 4.69) is 14.3 Å². The molecule has 3 aromatic rings. The number of hydrogen-bond acceptors (Lipinski definition) is 7. The largest absolute Gasteiger partial charge is 0.480 e. The molecule has 0 aliphatic carbocycles. The zero-order chi connectivity index (χ0) is 23.3. The maximum atomic E-state index is 12.3. The average molecular weight is 488 g/mol. The molecule has 1 aliphatic heterocycles. The third-order valence-electron chi connectivity index (χ3n) is 5.65. The summed E-state index contributed by atoms with van der Waals surface area (Å²) in [6.07, 6.45) is 4.34. The zero-order valence-corrected chi connectivity index (χ0v) is 19.3. The van der Waals surface area contributed by atoms with Crippen LogP contribution < -0.4 is 10.1 Å². The Hall–Kier alpha value is -2.11. The molecule has 0 aromatic carbocycles. The maximum absolute atomic E-state index is 12.3. The lowest BCUT2D eigenvalue weighted by atomic mass is 9.93. The zero-order valence-electron chi connectivity index (χ0n) is 17.5. The van der Waals surface area contributed by atoms with Crippen LogP contribution in [0.25, 0.3) is 11.2 Å². The minimum absolute atomic E-state index is 0.0666. The van der Waals surface area contributed by atoms with Gasteiger partial charge in [-0.1, -0.05) is 18.8 Å². The van der Waals surface area contributed by atoms with Crippen LogP contribution >= 0.6 is 15.6 Å². The smallest absolute Gasteiger partial charge is 0.339 e. The second-order valence-corrected chi connectivity index (χ2v) is 11.0. The number of nitrogens with zero attached hydrogens (tertiary/aromatic N) is 4. The first-order valence-corrected chi connectivity index (χ1v) is 12.8. The summed E-state index contributed by atoms with van der Waals surface area (Å²) in [5, 5.41) is 0. The third kappa shape index (κ3) is 4.25. The molecule has 1 fully saturated rings. The Morgan fingerprint density at radius 1 is 1.25 bits per heavy atom. The summed E-state index contributed by atoms with van der Waals surface area (Å²) >= 11 is 0. The molecule has 32 heavy (non-hydrogen) atoms. The number of H-pyrrole nitrogens is 1. The molecule has 3 aromatic heterocycles. The van der Waals surface area contributed by atoms with Crippen LogP contribution in [0, 0.1) is 11.8 Å². The number of phosphoric acid groups is 1. The normalized spacial score (nSPS) is 27.4. The van der Waals surface area contributed by atoms with Crippen LogP contribution in [0.2, 0.25) is 0 Å². The SMILES string of the molecule is CC1C(COP(=O)(O)OP(=O)(O)n2cccc2)OC([n+]2cn(C)c3c(=O)[nH]cnc32)C1C. The molecule has 0 spiro atoms. The van der Waals surface area contributed by atoms with E-state index in [1.54, 1.807) is 22.5 Å². The van der Waals surface area contributed by atoms with Crippen LogP contribution in [0.1, 0.15) is 20.1 Å². The molecule has 1 aliphatic rings. The molecule has 0 bridgehead atoms. The van der Waals surface area contributed by atoms with E-state index in [4.69, 9.17) is 9.26 Å². The van der Waals surface area contributed by atoms with E-state index >= 15 is 0 Å². The van der Waals surface area contributed by atoms with Gasteiger partial charge in [0.25, 0.3) is 5.56 Å². The summed E-state index contributed by atoms with van der Waals surface area (Å²) in [4.78, 5) is 38.8. The molecule has 4 heterocycles. The van der Waals surface area contributed by atoms with E-state index in [0.29, 0.717) is 11.2 Å². The molecule has 174 valence electrons. The number of nitrogens with one attached hydrogen (secondary N) is 1. The molecule has 0 radical (unpaired) electrons. The quantitative estimate of drug-likeness (QED) is 0.329. The highest BCUT2D eigenvalue weighted by atomic mass is 31.3. The predicted molar refractivity (Wildman–Crippen MR) is 110 cm³/mol. The fourth-order valence-electron chi connectivity index (χ4n) is 3.77. The van der Waals surface area contributed by atoms with Gasteiger partial charge in [0.2, 0.25) is 5.52 Å². The Morgan fingerprint density at radius 2 is 1.94 bits per heavy atom. The highest BCUT2D eigenvalue weighted by Gasteiger charge is 2.45. The summed E-state index contributed by atoms with van der Waals surface area (Å²) in [5.74, 6) is -0.182.